The van der Waals surface area contributed by atoms with Crippen LogP contribution in [0.1, 0.15) is 25.7 Å². The first-order valence-corrected chi connectivity index (χ1v) is 5.70. The lowest BCUT2D eigenvalue weighted by molar-refractivity contribution is -0.137. The van der Waals surface area contributed by atoms with Gasteiger partial charge in [0, 0.05) is 19.0 Å². The second-order valence-electron chi connectivity index (χ2n) is 4.56. The highest BCUT2D eigenvalue weighted by molar-refractivity contribution is 5.66. The Kier molecular flexibility index (Phi) is 5.05. The molecule has 88 valence electrons. The maximum atomic E-state index is 10.4. The van der Waals surface area contributed by atoms with E-state index in [-0.39, 0.29) is 0 Å². The molecule has 4 heteroatoms. The number of carboxylic acid groups (broad SMARTS) is 1. The van der Waals surface area contributed by atoms with E-state index < -0.39 is 5.97 Å². The summed E-state index contributed by atoms with van der Waals surface area (Å²) >= 11 is 0. The van der Waals surface area contributed by atoms with E-state index in [0.717, 1.165) is 26.1 Å². The molecular weight excluding hydrogens is 192 g/mol. The van der Waals surface area contributed by atoms with Crippen LogP contribution in [-0.4, -0.2) is 60.6 Å². The molecule has 1 fully saturated rings. The molecule has 1 heterocycles. The Morgan fingerprint density at radius 3 is 2.87 bits per heavy atom. The van der Waals surface area contributed by atoms with E-state index in [1.807, 2.05) is 0 Å². The molecule has 1 aliphatic rings. The Hall–Kier alpha value is -0.610. The van der Waals surface area contributed by atoms with Crippen LogP contribution in [0, 0.1) is 0 Å². The standard InChI is InChI=1S/C11H22N2O2/c1-12(2)10-5-3-7-13(9-10)8-4-6-11(14)15/h10H,3-9H2,1-2H3,(H,14,15). The van der Waals surface area contributed by atoms with Crippen molar-refractivity contribution in [1.29, 1.82) is 0 Å². The van der Waals surface area contributed by atoms with Crippen LogP contribution in [0.3, 0.4) is 0 Å². The highest BCUT2D eigenvalue weighted by Crippen LogP contribution is 2.13. The fourth-order valence-corrected chi connectivity index (χ4v) is 2.11. The SMILES string of the molecule is CN(C)C1CCCN(CCCC(=O)O)C1. The van der Waals surface area contributed by atoms with Gasteiger partial charge >= 0.3 is 5.97 Å². The highest BCUT2D eigenvalue weighted by atomic mass is 16.4. The van der Waals surface area contributed by atoms with E-state index in [0.29, 0.717) is 12.5 Å². The number of aliphatic carboxylic acids is 1. The van der Waals surface area contributed by atoms with Crippen LogP contribution in [-0.2, 0) is 4.79 Å². The molecule has 0 amide bonds. The first kappa shape index (κ1) is 12.5. The van der Waals surface area contributed by atoms with E-state index in [1.54, 1.807) is 0 Å². The number of likely N-dealkylation sites (tertiary alicyclic amines) is 1. The third kappa shape index (κ3) is 4.62. The summed E-state index contributed by atoms with van der Waals surface area (Å²) in [7, 11) is 4.23. The third-order valence-corrected chi connectivity index (χ3v) is 3.08. The highest BCUT2D eigenvalue weighted by Gasteiger charge is 2.20. The predicted molar refractivity (Wildman–Crippen MR) is 60.0 cm³/mol. The number of carboxylic acids is 1. The molecule has 0 spiro atoms. The van der Waals surface area contributed by atoms with E-state index in [1.165, 1.54) is 12.8 Å². The zero-order chi connectivity index (χ0) is 11.3. The van der Waals surface area contributed by atoms with E-state index in [4.69, 9.17) is 5.11 Å². The molecule has 0 aromatic carbocycles. The van der Waals surface area contributed by atoms with Crippen molar-refractivity contribution in [3.05, 3.63) is 0 Å². The van der Waals surface area contributed by atoms with Crippen molar-refractivity contribution in [1.82, 2.24) is 9.80 Å². The lowest BCUT2D eigenvalue weighted by atomic mass is 10.0. The second kappa shape index (κ2) is 6.08. The molecule has 1 rings (SSSR count). The summed E-state index contributed by atoms with van der Waals surface area (Å²) in [6.07, 6.45) is 3.57. The largest absolute Gasteiger partial charge is 0.481 e. The summed E-state index contributed by atoms with van der Waals surface area (Å²) in [5.41, 5.74) is 0. The minimum Gasteiger partial charge on any atom is -0.481 e. The quantitative estimate of drug-likeness (QED) is 0.738. The summed E-state index contributed by atoms with van der Waals surface area (Å²) in [5, 5.41) is 8.56. The number of carbonyl (C=O) groups is 1. The monoisotopic (exact) mass is 214 g/mol. The zero-order valence-electron chi connectivity index (χ0n) is 9.78. The Morgan fingerprint density at radius 2 is 2.27 bits per heavy atom. The van der Waals surface area contributed by atoms with E-state index in [2.05, 4.69) is 23.9 Å². The topological polar surface area (TPSA) is 43.8 Å². The average molecular weight is 214 g/mol. The summed E-state index contributed by atoms with van der Waals surface area (Å²) in [6, 6.07) is 0.642. The van der Waals surface area contributed by atoms with Gasteiger partial charge in [0.25, 0.3) is 0 Å². The van der Waals surface area contributed by atoms with Crippen molar-refractivity contribution in [3.63, 3.8) is 0 Å². The van der Waals surface area contributed by atoms with Crippen LogP contribution in [0.2, 0.25) is 0 Å². The molecule has 1 saturated heterocycles. The smallest absolute Gasteiger partial charge is 0.303 e. The second-order valence-corrected chi connectivity index (χ2v) is 4.56. The zero-order valence-corrected chi connectivity index (χ0v) is 9.78. The normalized spacial score (nSPS) is 23.3. The molecule has 4 nitrogen and oxygen atoms in total. The molecule has 1 atom stereocenters. The van der Waals surface area contributed by atoms with Gasteiger partial charge in [-0.2, -0.15) is 0 Å². The van der Waals surface area contributed by atoms with Crippen molar-refractivity contribution in [2.45, 2.75) is 31.7 Å². The number of hydrogen-bond acceptors (Lipinski definition) is 3. The van der Waals surface area contributed by atoms with Gasteiger partial charge in [0.1, 0.15) is 0 Å². The Bertz CT molecular complexity index is 207. The molecule has 0 saturated carbocycles. The predicted octanol–water partition coefficient (Wildman–Crippen LogP) is 0.877. The number of likely N-dealkylation sites (N-methyl/N-ethyl adjacent to an activating group) is 1. The summed E-state index contributed by atoms with van der Waals surface area (Å²) < 4.78 is 0. The number of hydrogen-bond donors (Lipinski definition) is 1. The Balaban J connectivity index is 2.21. The average Bonchev–Trinajstić information content (AvgIpc) is 2.17. The summed E-state index contributed by atoms with van der Waals surface area (Å²) in [5.74, 6) is -0.684. The summed E-state index contributed by atoms with van der Waals surface area (Å²) in [4.78, 5) is 15.0. The minimum absolute atomic E-state index is 0.295. The van der Waals surface area contributed by atoms with Crippen molar-refractivity contribution in [2.24, 2.45) is 0 Å². The van der Waals surface area contributed by atoms with Crippen molar-refractivity contribution < 1.29 is 9.90 Å². The number of piperidine rings is 1. The fraction of sp³-hybridized carbons (Fsp3) is 0.909. The third-order valence-electron chi connectivity index (χ3n) is 3.08. The molecule has 0 aliphatic carbocycles. The van der Waals surface area contributed by atoms with Gasteiger partial charge < -0.3 is 14.9 Å². The molecule has 0 bridgehead atoms. The van der Waals surface area contributed by atoms with Crippen LogP contribution in [0.15, 0.2) is 0 Å². The summed E-state index contributed by atoms with van der Waals surface area (Å²) in [6.45, 7) is 3.15. The van der Waals surface area contributed by atoms with Gasteiger partial charge in [0.05, 0.1) is 0 Å². The van der Waals surface area contributed by atoms with Crippen LogP contribution < -0.4 is 0 Å². The molecule has 1 unspecified atom stereocenters. The van der Waals surface area contributed by atoms with Gasteiger partial charge in [0.2, 0.25) is 0 Å². The van der Waals surface area contributed by atoms with Crippen LogP contribution in [0.4, 0.5) is 0 Å². The fourth-order valence-electron chi connectivity index (χ4n) is 2.11. The lowest BCUT2D eigenvalue weighted by Gasteiger charge is -2.36. The van der Waals surface area contributed by atoms with Gasteiger partial charge in [0.15, 0.2) is 0 Å². The van der Waals surface area contributed by atoms with E-state index >= 15 is 0 Å². The van der Waals surface area contributed by atoms with Gasteiger partial charge in [-0.15, -0.1) is 0 Å². The van der Waals surface area contributed by atoms with Crippen molar-refractivity contribution >= 4 is 5.97 Å². The molecule has 0 radical (unpaired) electrons. The molecule has 1 aliphatic heterocycles. The van der Waals surface area contributed by atoms with Gasteiger partial charge in [-0.25, -0.2) is 0 Å². The van der Waals surface area contributed by atoms with Gasteiger partial charge in [-0.05, 0) is 46.4 Å². The van der Waals surface area contributed by atoms with Crippen LogP contribution in [0.25, 0.3) is 0 Å². The molecule has 15 heavy (non-hydrogen) atoms. The number of rotatable bonds is 5. The molecule has 0 aromatic rings. The van der Waals surface area contributed by atoms with Crippen molar-refractivity contribution in [3.8, 4) is 0 Å². The minimum atomic E-state index is -0.684. The lowest BCUT2D eigenvalue weighted by Crippen LogP contribution is -2.45. The maximum absolute atomic E-state index is 10.4. The molecule has 1 N–H and O–H groups in total. The van der Waals surface area contributed by atoms with Gasteiger partial charge in [-0.1, -0.05) is 0 Å². The van der Waals surface area contributed by atoms with Crippen LogP contribution in [0.5, 0.6) is 0 Å². The Labute approximate surface area is 91.9 Å². The first-order chi connectivity index (χ1) is 7.09. The molecule has 0 aromatic heterocycles. The van der Waals surface area contributed by atoms with E-state index in [9.17, 15) is 4.79 Å². The van der Waals surface area contributed by atoms with Crippen molar-refractivity contribution in [2.75, 3.05) is 33.7 Å². The first-order valence-electron chi connectivity index (χ1n) is 5.70. The Morgan fingerprint density at radius 1 is 1.53 bits per heavy atom. The molecular formula is C11H22N2O2. The van der Waals surface area contributed by atoms with Gasteiger partial charge in [-0.3, -0.25) is 4.79 Å². The maximum Gasteiger partial charge on any atom is 0.303 e. The van der Waals surface area contributed by atoms with Crippen LogP contribution >= 0.6 is 0 Å². The number of nitrogens with zero attached hydrogens (tertiary/aromatic N) is 2.